The van der Waals surface area contributed by atoms with E-state index in [1.165, 1.54) is 66.9 Å². The van der Waals surface area contributed by atoms with Gasteiger partial charge in [-0.15, -0.1) is 0 Å². The molecule has 0 aromatic heterocycles. The molecule has 1 aliphatic carbocycles. The number of fused-ring (bicyclic) bond motifs is 14. The monoisotopic (exact) mass is 709 g/mol. The molecule has 1 aromatic rings. The van der Waals surface area contributed by atoms with Gasteiger partial charge in [0.25, 0.3) is 11.7 Å². The lowest BCUT2D eigenvalue weighted by atomic mass is 9.78. The number of phenolic OH excluding ortho intramolecular Hbond substituents is 1. The van der Waals surface area contributed by atoms with Crippen molar-refractivity contribution in [2.45, 2.75) is 85.1 Å². The van der Waals surface area contributed by atoms with Crippen LogP contribution in [0.1, 0.15) is 85.1 Å². The van der Waals surface area contributed by atoms with Gasteiger partial charge in [-0.2, -0.15) is 0 Å². The van der Waals surface area contributed by atoms with Gasteiger partial charge >= 0.3 is 11.8 Å². The van der Waals surface area contributed by atoms with Crippen molar-refractivity contribution in [3.8, 4) is 11.5 Å². The molecule has 0 spiro atoms. The quantitative estimate of drug-likeness (QED) is 0.326. The number of hydrogen-bond acceptors (Lipinski definition) is 13. The van der Waals surface area contributed by atoms with Crippen molar-refractivity contribution >= 4 is 35.0 Å². The van der Waals surface area contributed by atoms with Crippen molar-refractivity contribution < 1.29 is 63.0 Å². The van der Waals surface area contributed by atoms with Crippen LogP contribution in [0.2, 0.25) is 0 Å². The average Bonchev–Trinajstić information content (AvgIpc) is 3.33. The number of hydrogen-bond donors (Lipinski definition) is 4. The molecular weight excluding hydrogens is 666 g/mol. The van der Waals surface area contributed by atoms with Gasteiger partial charge in [-0.25, -0.2) is 0 Å². The number of phenols is 1. The Labute approximate surface area is 294 Å². The van der Waals surface area contributed by atoms with Gasteiger partial charge in [0.05, 0.1) is 40.9 Å². The molecule has 5 rings (SSSR count). The predicted molar refractivity (Wildman–Crippen MR) is 180 cm³/mol. The first kappa shape index (κ1) is 38.9. The molecule has 1 unspecified atom stereocenters. The number of aliphatic hydroxyl groups excluding tert-OH is 1. The third kappa shape index (κ3) is 7.16. The van der Waals surface area contributed by atoms with Crippen molar-refractivity contribution in [2.75, 3.05) is 7.11 Å². The van der Waals surface area contributed by atoms with Crippen molar-refractivity contribution in [3.63, 3.8) is 0 Å². The minimum atomic E-state index is -2.11. The number of benzene rings is 1. The third-order valence-corrected chi connectivity index (χ3v) is 9.62. The summed E-state index contributed by atoms with van der Waals surface area (Å²) in [7, 11) is 1.37. The minimum Gasteiger partial charge on any atom is -0.507 e. The first-order valence-corrected chi connectivity index (χ1v) is 16.3. The fraction of sp³-hybridized carbons (Fsp3) is 0.459. The largest absolute Gasteiger partial charge is 0.507 e. The summed E-state index contributed by atoms with van der Waals surface area (Å²) in [5, 5.41) is 35.8. The molecule has 14 heteroatoms. The molecule has 0 saturated carbocycles. The fourth-order valence-electron chi connectivity index (χ4n) is 6.50. The molecule has 1 amide bonds. The first-order valence-electron chi connectivity index (χ1n) is 16.3. The molecule has 0 saturated heterocycles. The van der Waals surface area contributed by atoms with Gasteiger partial charge in [0, 0.05) is 55.9 Å². The second-order valence-corrected chi connectivity index (χ2v) is 13.4. The van der Waals surface area contributed by atoms with E-state index >= 15 is 0 Å². The number of carbonyl (C=O) groups is 6. The van der Waals surface area contributed by atoms with Gasteiger partial charge in [-0.3, -0.25) is 28.8 Å². The highest BCUT2D eigenvalue weighted by atomic mass is 16.7. The highest BCUT2D eigenvalue weighted by Gasteiger charge is 2.52. The normalized spacial score (nSPS) is 34.1. The SMILES string of the molecule is CO[C@H]1/C=C/O[C@@]2(C)Oc3c(C)c(O)c4c(c3C2=O)C(=O)C=C(NC(=O)/C(C)=C\C=C\C(C)(O)C(=O)[C@@H](C)[C@@H](O)[C@@H](C)[C@H](OC(C)=O)[C@@H]1C)C4=O. The molecule has 8 atom stereocenters. The van der Waals surface area contributed by atoms with Gasteiger partial charge in [0.15, 0.2) is 11.6 Å². The van der Waals surface area contributed by atoms with E-state index in [-0.39, 0.29) is 22.4 Å². The van der Waals surface area contributed by atoms with Gasteiger partial charge in [-0.05, 0) is 32.9 Å². The van der Waals surface area contributed by atoms with Crippen LogP contribution >= 0.6 is 0 Å². The zero-order valence-corrected chi connectivity index (χ0v) is 29.9. The number of ether oxygens (including phenoxy) is 4. The fourth-order valence-corrected chi connectivity index (χ4v) is 6.50. The molecular formula is C37H43NO13. The second-order valence-electron chi connectivity index (χ2n) is 13.4. The van der Waals surface area contributed by atoms with Crippen LogP contribution in [-0.4, -0.2) is 87.1 Å². The number of esters is 1. The van der Waals surface area contributed by atoms with Crippen molar-refractivity contribution in [3.05, 3.63) is 70.2 Å². The summed E-state index contributed by atoms with van der Waals surface area (Å²) in [6, 6.07) is 0. The number of Topliss-reactive ketones (excluding diaryl/α,β-unsaturated/α-hetero) is 3. The zero-order valence-electron chi connectivity index (χ0n) is 29.9. The van der Waals surface area contributed by atoms with Gasteiger partial charge in [0.2, 0.25) is 5.78 Å². The van der Waals surface area contributed by atoms with Crippen LogP contribution in [-0.2, 0) is 28.6 Å². The molecule has 1 aromatic carbocycles. The number of carbonyl (C=O) groups excluding carboxylic acids is 6. The number of nitrogens with one attached hydrogen (secondary N) is 1. The van der Waals surface area contributed by atoms with Crippen LogP contribution < -0.4 is 10.1 Å². The number of aromatic hydroxyl groups is 1. The van der Waals surface area contributed by atoms with Crippen molar-refractivity contribution in [1.29, 1.82) is 0 Å². The summed E-state index contributed by atoms with van der Waals surface area (Å²) in [5.41, 5.74) is -3.78. The Bertz CT molecular complexity index is 1820. The van der Waals surface area contributed by atoms with Crippen LogP contribution in [0.5, 0.6) is 11.5 Å². The van der Waals surface area contributed by atoms with Crippen molar-refractivity contribution in [2.24, 2.45) is 17.8 Å². The Morgan fingerprint density at radius 3 is 2.25 bits per heavy atom. The van der Waals surface area contributed by atoms with Gasteiger partial charge in [-0.1, -0.05) is 32.9 Å². The van der Waals surface area contributed by atoms with Crippen LogP contribution in [0, 0.1) is 24.7 Å². The first-order chi connectivity index (χ1) is 23.7. The lowest BCUT2D eigenvalue weighted by Gasteiger charge is -2.37. The molecule has 51 heavy (non-hydrogen) atoms. The number of amides is 1. The highest BCUT2D eigenvalue weighted by Crippen LogP contribution is 2.47. The lowest BCUT2D eigenvalue weighted by Crippen LogP contribution is -2.48. The van der Waals surface area contributed by atoms with Gasteiger partial charge in [0.1, 0.15) is 23.2 Å². The summed E-state index contributed by atoms with van der Waals surface area (Å²) in [4.78, 5) is 79.6. The van der Waals surface area contributed by atoms with E-state index < -0.39 is 105 Å². The second kappa shape index (κ2) is 14.4. The van der Waals surface area contributed by atoms with E-state index in [2.05, 4.69) is 5.32 Å². The Morgan fingerprint density at radius 2 is 1.65 bits per heavy atom. The van der Waals surface area contributed by atoms with Crippen molar-refractivity contribution in [1.82, 2.24) is 5.32 Å². The minimum absolute atomic E-state index is 0.00224. The summed E-state index contributed by atoms with van der Waals surface area (Å²) < 4.78 is 22.9. The van der Waals surface area contributed by atoms with E-state index in [0.29, 0.717) is 0 Å². The van der Waals surface area contributed by atoms with Crippen LogP contribution in [0.3, 0.4) is 0 Å². The van der Waals surface area contributed by atoms with Crippen LogP contribution in [0.4, 0.5) is 0 Å². The topological polar surface area (TPSA) is 212 Å². The Hall–Kier alpha value is -4.92. The van der Waals surface area contributed by atoms with Gasteiger partial charge < -0.3 is 39.6 Å². The average molecular weight is 710 g/mol. The van der Waals surface area contributed by atoms with E-state index in [1.807, 2.05) is 0 Å². The summed E-state index contributed by atoms with van der Waals surface area (Å²) >= 11 is 0. The maximum Gasteiger partial charge on any atom is 0.312 e. The maximum atomic E-state index is 13.9. The number of aliphatic hydroxyl groups is 2. The Morgan fingerprint density at radius 1 is 1.00 bits per heavy atom. The lowest BCUT2D eigenvalue weighted by molar-refractivity contribution is -0.160. The standard InChI is InChI=1S/C37H43NO13/c1-16-11-10-13-36(7,47)33(44)20(5)28(41)18(3)31(50-21(6)39)17(2)24(48-9)12-14-49-37(8)34(45)27-25-23(40)15-22(38-35(16)46)30(43)26(25)29(42)19(4)32(27)51-37/h10-15,17-18,20,24,28,31,41-42,47H,1-9H3,(H,38,46)/b13-10+,14-12+,16-11-/t17-,18-,20+,24+,28+,31-,36?,37+/m1/s1. The summed E-state index contributed by atoms with van der Waals surface area (Å²) in [6.45, 7) is 11.1. The Balaban J connectivity index is 1.86. The zero-order chi connectivity index (χ0) is 38.3. The molecule has 4 aliphatic rings. The molecule has 274 valence electrons. The number of rotatable bonds is 2. The smallest absolute Gasteiger partial charge is 0.312 e. The molecule has 5 bridgehead atoms. The van der Waals surface area contributed by atoms with Crippen LogP contribution in [0.15, 0.2) is 47.9 Å². The molecule has 14 nitrogen and oxygen atoms in total. The highest BCUT2D eigenvalue weighted by molar-refractivity contribution is 6.30. The Kier molecular flexibility index (Phi) is 11.0. The number of allylic oxidation sites excluding steroid dienone is 4. The number of ketones is 4. The summed E-state index contributed by atoms with van der Waals surface area (Å²) in [5.74, 6) is -10.4. The molecule has 4 N–H and O–H groups in total. The molecule has 3 aliphatic heterocycles. The third-order valence-electron chi connectivity index (χ3n) is 9.62. The molecule has 3 heterocycles. The predicted octanol–water partition coefficient (Wildman–Crippen LogP) is 2.95. The summed E-state index contributed by atoms with van der Waals surface area (Å²) in [6.07, 6.45) is 3.69. The van der Waals surface area contributed by atoms with E-state index in [1.54, 1.807) is 13.8 Å². The van der Waals surface area contributed by atoms with Crippen LogP contribution in [0.25, 0.3) is 0 Å². The van der Waals surface area contributed by atoms with E-state index in [4.69, 9.17) is 18.9 Å². The van der Waals surface area contributed by atoms with E-state index in [0.717, 1.165) is 18.4 Å². The number of methoxy groups -OCH3 is 1. The maximum absolute atomic E-state index is 13.9. The molecule has 0 radical (unpaired) electrons. The van der Waals surface area contributed by atoms with E-state index in [9.17, 15) is 44.1 Å². The molecule has 0 fully saturated rings.